The number of hydrogen-bond acceptors (Lipinski definition) is 2. The molecule has 0 spiro atoms. The highest BCUT2D eigenvalue weighted by Crippen LogP contribution is 2.13. The molecule has 0 aliphatic carbocycles. The maximum atomic E-state index is 11.9. The predicted octanol–water partition coefficient (Wildman–Crippen LogP) is 2.21. The molecule has 0 radical (unpaired) electrons. The molecule has 1 rings (SSSR count). The molecule has 0 aliphatic heterocycles. The standard InChI is InChI=1S/C16H22F3N3O2/c1-10-4-5-13(11(2)6-10)7-12(3)22-15(24)20-8-14(23)21-9-16(17,18)19/h4-6,12H,7-9H2,1-3H3,(H,21,23)(H2,20,22,24). The summed E-state index contributed by atoms with van der Waals surface area (Å²) < 4.78 is 35.8. The van der Waals surface area contributed by atoms with Crippen LogP contribution >= 0.6 is 0 Å². The molecule has 1 atom stereocenters. The van der Waals surface area contributed by atoms with E-state index >= 15 is 0 Å². The Morgan fingerprint density at radius 1 is 1.17 bits per heavy atom. The molecule has 0 saturated carbocycles. The van der Waals surface area contributed by atoms with Gasteiger partial charge in [-0.2, -0.15) is 13.2 Å². The molecule has 0 bridgehead atoms. The molecule has 1 aromatic rings. The SMILES string of the molecule is Cc1ccc(CC(C)NC(=O)NCC(=O)NCC(F)(F)F)c(C)c1. The fraction of sp³-hybridized carbons (Fsp3) is 0.500. The van der Waals surface area contributed by atoms with Gasteiger partial charge in [0.1, 0.15) is 6.54 Å². The third kappa shape index (κ3) is 7.85. The highest BCUT2D eigenvalue weighted by atomic mass is 19.4. The van der Waals surface area contributed by atoms with Gasteiger partial charge in [-0.1, -0.05) is 23.8 Å². The summed E-state index contributed by atoms with van der Waals surface area (Å²) in [6.45, 7) is 3.86. The Morgan fingerprint density at radius 2 is 1.83 bits per heavy atom. The second kappa shape index (κ2) is 8.56. The Balaban J connectivity index is 2.35. The van der Waals surface area contributed by atoms with E-state index in [2.05, 4.69) is 10.6 Å². The quantitative estimate of drug-likeness (QED) is 0.740. The molecule has 0 fully saturated rings. The average Bonchev–Trinajstić information content (AvgIpc) is 2.45. The van der Waals surface area contributed by atoms with Gasteiger partial charge in [-0.15, -0.1) is 0 Å². The van der Waals surface area contributed by atoms with Crippen molar-refractivity contribution in [3.63, 3.8) is 0 Å². The number of amides is 3. The second-order valence-electron chi connectivity index (χ2n) is 5.75. The van der Waals surface area contributed by atoms with E-state index in [1.165, 1.54) is 0 Å². The van der Waals surface area contributed by atoms with E-state index in [0.717, 1.165) is 16.7 Å². The molecule has 1 aromatic carbocycles. The summed E-state index contributed by atoms with van der Waals surface area (Å²) in [6.07, 6.45) is -3.86. The van der Waals surface area contributed by atoms with Crippen molar-refractivity contribution in [3.8, 4) is 0 Å². The summed E-state index contributed by atoms with van der Waals surface area (Å²) >= 11 is 0. The topological polar surface area (TPSA) is 70.2 Å². The van der Waals surface area contributed by atoms with Gasteiger partial charge < -0.3 is 16.0 Å². The van der Waals surface area contributed by atoms with Crippen molar-refractivity contribution in [2.24, 2.45) is 0 Å². The first-order chi connectivity index (χ1) is 11.1. The molecule has 134 valence electrons. The van der Waals surface area contributed by atoms with Crippen LogP contribution in [0.25, 0.3) is 0 Å². The van der Waals surface area contributed by atoms with Gasteiger partial charge in [-0.3, -0.25) is 4.79 Å². The lowest BCUT2D eigenvalue weighted by Gasteiger charge is -2.16. The fourth-order valence-electron chi connectivity index (χ4n) is 2.15. The fourth-order valence-corrected chi connectivity index (χ4v) is 2.15. The molecule has 5 nitrogen and oxygen atoms in total. The number of rotatable bonds is 6. The highest BCUT2D eigenvalue weighted by molar-refractivity contribution is 5.83. The summed E-state index contributed by atoms with van der Waals surface area (Å²) in [5, 5.41) is 6.55. The zero-order chi connectivity index (χ0) is 18.3. The molecule has 24 heavy (non-hydrogen) atoms. The van der Waals surface area contributed by atoms with Gasteiger partial charge in [-0.05, 0) is 38.3 Å². The minimum absolute atomic E-state index is 0.190. The minimum atomic E-state index is -4.47. The zero-order valence-corrected chi connectivity index (χ0v) is 13.9. The van der Waals surface area contributed by atoms with Crippen LogP contribution in [-0.4, -0.2) is 37.2 Å². The van der Waals surface area contributed by atoms with Crippen LogP contribution in [0.5, 0.6) is 0 Å². The van der Waals surface area contributed by atoms with E-state index in [-0.39, 0.29) is 6.04 Å². The third-order valence-corrected chi connectivity index (χ3v) is 3.30. The van der Waals surface area contributed by atoms with Crippen molar-refractivity contribution in [3.05, 3.63) is 34.9 Å². The van der Waals surface area contributed by atoms with Crippen molar-refractivity contribution in [2.75, 3.05) is 13.1 Å². The van der Waals surface area contributed by atoms with Gasteiger partial charge in [0.05, 0.1) is 6.54 Å². The molecule has 1 unspecified atom stereocenters. The van der Waals surface area contributed by atoms with Gasteiger partial charge in [0, 0.05) is 6.04 Å². The van der Waals surface area contributed by atoms with E-state index in [1.54, 1.807) is 5.32 Å². The van der Waals surface area contributed by atoms with Gasteiger partial charge in [0.15, 0.2) is 0 Å². The van der Waals surface area contributed by atoms with E-state index in [1.807, 2.05) is 39.0 Å². The van der Waals surface area contributed by atoms with Gasteiger partial charge in [-0.25, -0.2) is 4.79 Å². The van der Waals surface area contributed by atoms with E-state index in [9.17, 15) is 22.8 Å². The lowest BCUT2D eigenvalue weighted by atomic mass is 10.00. The minimum Gasteiger partial charge on any atom is -0.345 e. The van der Waals surface area contributed by atoms with Crippen molar-refractivity contribution >= 4 is 11.9 Å². The number of benzene rings is 1. The number of hydrogen-bond donors (Lipinski definition) is 3. The van der Waals surface area contributed by atoms with E-state index in [4.69, 9.17) is 0 Å². The smallest absolute Gasteiger partial charge is 0.345 e. The van der Waals surface area contributed by atoms with Crippen molar-refractivity contribution < 1.29 is 22.8 Å². The van der Waals surface area contributed by atoms with E-state index < -0.39 is 31.2 Å². The maximum absolute atomic E-state index is 11.9. The molecular formula is C16H22F3N3O2. The molecule has 0 heterocycles. The summed E-state index contributed by atoms with van der Waals surface area (Å²) in [5.74, 6) is -0.899. The molecule has 0 saturated heterocycles. The van der Waals surface area contributed by atoms with Crippen LogP contribution in [0.15, 0.2) is 18.2 Å². The Kier molecular flexibility index (Phi) is 7.06. The molecule has 8 heteroatoms. The third-order valence-electron chi connectivity index (χ3n) is 3.30. The molecule has 0 aliphatic rings. The number of carbonyl (C=O) groups is 2. The van der Waals surface area contributed by atoms with Crippen molar-refractivity contribution in [2.45, 2.75) is 39.4 Å². The monoisotopic (exact) mass is 345 g/mol. The number of urea groups is 1. The Hall–Kier alpha value is -2.25. The summed E-state index contributed by atoms with van der Waals surface area (Å²) in [6, 6.07) is 5.23. The lowest BCUT2D eigenvalue weighted by Crippen LogP contribution is -2.46. The number of nitrogens with one attached hydrogen (secondary N) is 3. The molecule has 3 amide bonds. The van der Waals surface area contributed by atoms with Crippen LogP contribution in [0.3, 0.4) is 0 Å². The number of carbonyl (C=O) groups excluding carboxylic acids is 2. The highest BCUT2D eigenvalue weighted by Gasteiger charge is 2.27. The predicted molar refractivity (Wildman–Crippen MR) is 84.7 cm³/mol. The first kappa shape index (κ1) is 19.8. The first-order valence-corrected chi connectivity index (χ1v) is 7.51. The Bertz CT molecular complexity index is 588. The first-order valence-electron chi connectivity index (χ1n) is 7.51. The van der Waals surface area contributed by atoms with Crippen LogP contribution in [0.4, 0.5) is 18.0 Å². The lowest BCUT2D eigenvalue weighted by molar-refractivity contribution is -0.137. The normalized spacial score (nSPS) is 12.4. The molecular weight excluding hydrogens is 323 g/mol. The largest absolute Gasteiger partial charge is 0.405 e. The van der Waals surface area contributed by atoms with Crippen LogP contribution in [0.1, 0.15) is 23.6 Å². The van der Waals surface area contributed by atoms with Crippen LogP contribution < -0.4 is 16.0 Å². The second-order valence-corrected chi connectivity index (χ2v) is 5.75. The maximum Gasteiger partial charge on any atom is 0.405 e. The summed E-state index contributed by atoms with van der Waals surface area (Å²) in [5.41, 5.74) is 3.37. The number of alkyl halides is 3. The van der Waals surface area contributed by atoms with Crippen LogP contribution in [0.2, 0.25) is 0 Å². The number of halogens is 3. The zero-order valence-electron chi connectivity index (χ0n) is 13.9. The van der Waals surface area contributed by atoms with Gasteiger partial charge in [0.25, 0.3) is 0 Å². The molecule has 3 N–H and O–H groups in total. The number of aryl methyl sites for hydroxylation is 2. The summed E-state index contributed by atoms with van der Waals surface area (Å²) in [4.78, 5) is 22.9. The van der Waals surface area contributed by atoms with Crippen molar-refractivity contribution in [1.82, 2.24) is 16.0 Å². The average molecular weight is 345 g/mol. The molecule has 0 aromatic heterocycles. The Labute approximate surface area is 139 Å². The summed E-state index contributed by atoms with van der Waals surface area (Å²) in [7, 11) is 0. The van der Waals surface area contributed by atoms with Gasteiger partial charge in [0.2, 0.25) is 5.91 Å². The van der Waals surface area contributed by atoms with Crippen LogP contribution in [0, 0.1) is 13.8 Å². The van der Waals surface area contributed by atoms with E-state index in [0.29, 0.717) is 6.42 Å². The Morgan fingerprint density at radius 3 is 2.42 bits per heavy atom. The van der Waals surface area contributed by atoms with Crippen molar-refractivity contribution in [1.29, 1.82) is 0 Å². The van der Waals surface area contributed by atoms with Crippen LogP contribution in [-0.2, 0) is 11.2 Å². The van der Waals surface area contributed by atoms with Gasteiger partial charge >= 0.3 is 12.2 Å².